The molecule has 2 aromatic heterocycles. The van der Waals surface area contributed by atoms with Gasteiger partial charge in [-0.05, 0) is 30.3 Å². The lowest BCUT2D eigenvalue weighted by atomic mass is 10.0. The van der Waals surface area contributed by atoms with E-state index < -0.39 is 27.6 Å². The molecule has 4 aromatic rings. The van der Waals surface area contributed by atoms with Crippen molar-refractivity contribution < 1.29 is 36.2 Å². The Morgan fingerprint density at radius 3 is 2.50 bits per heavy atom. The molecule has 34 heavy (non-hydrogen) atoms. The van der Waals surface area contributed by atoms with Gasteiger partial charge in [0.1, 0.15) is 15.6 Å². The van der Waals surface area contributed by atoms with E-state index in [1.165, 1.54) is 18.2 Å². The summed E-state index contributed by atoms with van der Waals surface area (Å²) >= 11 is 12.0. The Labute approximate surface area is 200 Å². The van der Waals surface area contributed by atoms with Crippen LogP contribution < -0.4 is 14.5 Å². The van der Waals surface area contributed by atoms with Crippen LogP contribution in [-0.4, -0.2) is 32.2 Å². The van der Waals surface area contributed by atoms with E-state index in [1.54, 1.807) is 0 Å². The van der Waals surface area contributed by atoms with E-state index in [4.69, 9.17) is 27.6 Å². The van der Waals surface area contributed by atoms with Crippen LogP contribution in [0.5, 0.6) is 5.75 Å². The third-order valence-corrected chi connectivity index (χ3v) is 5.81. The molecular weight excluding hydrogens is 519 g/mol. The number of hydrogen-bond acceptors (Lipinski definition) is 7. The number of quaternary nitrogens is 1. The van der Waals surface area contributed by atoms with E-state index in [2.05, 4.69) is 14.4 Å². The Hall–Kier alpha value is -3.03. The summed E-state index contributed by atoms with van der Waals surface area (Å²) < 4.78 is 61.6. The quantitative estimate of drug-likeness (QED) is 0.358. The Morgan fingerprint density at radius 1 is 1.21 bits per heavy atom. The zero-order valence-corrected chi connectivity index (χ0v) is 19.3. The van der Waals surface area contributed by atoms with Crippen LogP contribution in [0.1, 0.15) is 10.4 Å². The Morgan fingerprint density at radius 2 is 1.88 bits per heavy atom. The second-order valence-electron chi connectivity index (χ2n) is 7.02. The number of ether oxygens (including phenoxy) is 1. The van der Waals surface area contributed by atoms with Gasteiger partial charge in [0.15, 0.2) is 17.0 Å². The van der Waals surface area contributed by atoms with Crippen LogP contribution in [0.3, 0.4) is 0 Å². The number of nitrogens with zero attached hydrogens (tertiary/aromatic N) is 1. The molecular formula is C20H13Cl2F2N3O6S. The molecule has 9 nitrogen and oxygen atoms in total. The van der Waals surface area contributed by atoms with E-state index in [1.807, 2.05) is 0 Å². The number of sulfonamides is 1. The van der Waals surface area contributed by atoms with Gasteiger partial charge in [-0.1, -0.05) is 23.2 Å². The van der Waals surface area contributed by atoms with Gasteiger partial charge in [0.25, 0.3) is 0 Å². The number of carbonyl (C=O) groups excluding carboxylic acids is 1. The van der Waals surface area contributed by atoms with Crippen LogP contribution in [0.25, 0.3) is 21.9 Å². The number of aromatic nitrogens is 1. The highest BCUT2D eigenvalue weighted by Crippen LogP contribution is 2.39. The molecule has 2 aromatic carbocycles. The molecule has 1 unspecified atom stereocenters. The zero-order chi connectivity index (χ0) is 24.8. The lowest BCUT2D eigenvalue weighted by Gasteiger charge is -2.21. The Kier molecular flexibility index (Phi) is 6.36. The smallest absolute Gasteiger partial charge is 0.387 e. The minimum atomic E-state index is -3.65. The maximum Gasteiger partial charge on any atom is 0.387 e. The highest BCUT2D eigenvalue weighted by atomic mass is 35.5. The van der Waals surface area contributed by atoms with Crippen LogP contribution in [0.4, 0.5) is 20.2 Å². The summed E-state index contributed by atoms with van der Waals surface area (Å²) in [5.74, 6) is -1.45. The van der Waals surface area contributed by atoms with Gasteiger partial charge in [-0.15, -0.1) is 0 Å². The average Bonchev–Trinajstić information content (AvgIpc) is 3.11. The molecule has 0 spiro atoms. The molecule has 0 aliphatic heterocycles. The Bertz CT molecular complexity index is 1520. The number of fused-ring (bicyclic) bond motifs is 3. The normalized spacial score (nSPS) is 12.9. The minimum Gasteiger partial charge on any atom is -0.621 e. The molecule has 1 amide bonds. The summed E-state index contributed by atoms with van der Waals surface area (Å²) in [6.45, 7) is -3.20. The van der Waals surface area contributed by atoms with Gasteiger partial charge in [0, 0.05) is 16.5 Å². The number of hydrogen-bond donors (Lipinski definition) is 2. The predicted molar refractivity (Wildman–Crippen MR) is 121 cm³/mol. The van der Waals surface area contributed by atoms with Crippen LogP contribution in [0, 0.1) is 5.21 Å². The fourth-order valence-electron chi connectivity index (χ4n) is 3.38. The van der Waals surface area contributed by atoms with Crippen molar-refractivity contribution in [1.82, 2.24) is 4.98 Å². The molecule has 178 valence electrons. The first-order chi connectivity index (χ1) is 16.0. The fraction of sp³-hybridized carbons (Fsp3) is 0.100. The van der Waals surface area contributed by atoms with Crippen molar-refractivity contribution >= 4 is 72.4 Å². The molecule has 0 aliphatic carbocycles. The van der Waals surface area contributed by atoms with Crippen molar-refractivity contribution in [2.75, 3.05) is 11.0 Å². The third kappa shape index (κ3) is 4.63. The monoisotopic (exact) mass is 531 g/mol. The number of benzene rings is 2. The van der Waals surface area contributed by atoms with Gasteiger partial charge in [-0.2, -0.15) is 8.78 Å². The first kappa shape index (κ1) is 24.1. The van der Waals surface area contributed by atoms with Gasteiger partial charge in [0.2, 0.25) is 10.0 Å². The second-order valence-corrected chi connectivity index (χ2v) is 9.58. The fourth-order valence-corrected chi connectivity index (χ4v) is 4.47. The summed E-state index contributed by atoms with van der Waals surface area (Å²) in [5, 5.41) is 11.7. The standard InChI is InChI=1S/C20H13Cl2F2N3O6S/c1-34(30,31)26-9-2-4-14-11(6-9)16-10(3-5-15(18(16)32-14)33-20(23)24)19(28)27(29)17-12(21)7-25-8-13(17)22/h2-8,20,26-27H,1H3. The summed E-state index contributed by atoms with van der Waals surface area (Å²) in [4.78, 5) is 17.0. The van der Waals surface area contributed by atoms with Crippen molar-refractivity contribution in [2.45, 2.75) is 6.61 Å². The average molecular weight is 532 g/mol. The van der Waals surface area contributed by atoms with Crippen molar-refractivity contribution in [1.29, 1.82) is 0 Å². The van der Waals surface area contributed by atoms with Crippen LogP contribution >= 0.6 is 23.2 Å². The molecule has 14 heteroatoms. The van der Waals surface area contributed by atoms with E-state index in [0.29, 0.717) is 0 Å². The number of alkyl halides is 2. The van der Waals surface area contributed by atoms with E-state index in [0.717, 1.165) is 30.8 Å². The van der Waals surface area contributed by atoms with Crippen LogP contribution in [0.15, 0.2) is 47.1 Å². The van der Waals surface area contributed by atoms with Crippen molar-refractivity contribution in [3.05, 3.63) is 63.5 Å². The van der Waals surface area contributed by atoms with Gasteiger partial charge in [0.05, 0.1) is 24.2 Å². The number of anilines is 1. The van der Waals surface area contributed by atoms with Crippen molar-refractivity contribution in [3.8, 4) is 5.75 Å². The summed E-state index contributed by atoms with van der Waals surface area (Å²) in [5.41, 5.74) is -0.501. The van der Waals surface area contributed by atoms with Crippen LogP contribution in [0.2, 0.25) is 10.0 Å². The molecule has 2 N–H and O–H groups in total. The number of furan rings is 1. The van der Waals surface area contributed by atoms with E-state index >= 15 is 0 Å². The van der Waals surface area contributed by atoms with Crippen LogP contribution in [-0.2, 0) is 10.0 Å². The molecule has 2 heterocycles. The molecule has 4 rings (SSSR count). The lowest BCUT2D eigenvalue weighted by molar-refractivity contribution is -0.679. The zero-order valence-electron chi connectivity index (χ0n) is 16.9. The largest absolute Gasteiger partial charge is 0.621 e. The molecule has 0 fully saturated rings. The number of amides is 1. The molecule has 1 atom stereocenters. The molecule has 0 bridgehead atoms. The lowest BCUT2D eigenvalue weighted by Crippen LogP contribution is -3.05. The summed E-state index contributed by atoms with van der Waals surface area (Å²) in [6.07, 6.45) is 3.22. The van der Waals surface area contributed by atoms with Crippen molar-refractivity contribution in [2.24, 2.45) is 0 Å². The topological polar surface area (TPSA) is 126 Å². The number of nitrogens with one attached hydrogen (secondary N) is 2. The van der Waals surface area contributed by atoms with Gasteiger partial charge in [-0.25, -0.2) is 13.2 Å². The van der Waals surface area contributed by atoms with Gasteiger partial charge >= 0.3 is 12.5 Å². The minimum absolute atomic E-state index is 0.0371. The highest BCUT2D eigenvalue weighted by Gasteiger charge is 2.28. The predicted octanol–water partition coefficient (Wildman–Crippen LogP) is 4.12. The van der Waals surface area contributed by atoms with E-state index in [-0.39, 0.29) is 54.7 Å². The molecule has 0 aliphatic rings. The molecule has 0 saturated carbocycles. The summed E-state index contributed by atoms with van der Waals surface area (Å²) in [6, 6.07) is 6.27. The number of rotatable bonds is 6. The van der Waals surface area contributed by atoms with Crippen molar-refractivity contribution in [3.63, 3.8) is 0 Å². The van der Waals surface area contributed by atoms with Gasteiger partial charge in [-0.3, -0.25) is 14.8 Å². The Balaban J connectivity index is 1.96. The highest BCUT2D eigenvalue weighted by molar-refractivity contribution is 7.92. The van der Waals surface area contributed by atoms with Gasteiger partial charge < -0.3 is 14.4 Å². The maximum atomic E-state index is 13.2. The van der Waals surface area contributed by atoms with E-state index in [9.17, 15) is 27.2 Å². The number of halogens is 4. The SMILES string of the molecule is CS(=O)(=O)Nc1ccc2oc3c(OC(F)F)ccc(C(=O)[NH+]([O-])c4c(Cl)cncc4Cl)c3c2c1. The third-order valence-electron chi connectivity index (χ3n) is 4.63. The first-order valence-corrected chi connectivity index (χ1v) is 11.9. The number of carbonyl (C=O) groups is 1. The number of hydroxylamine groups is 1. The summed E-state index contributed by atoms with van der Waals surface area (Å²) in [7, 11) is -3.65. The molecule has 0 saturated heterocycles. The first-order valence-electron chi connectivity index (χ1n) is 9.26. The number of pyridine rings is 1. The second kappa shape index (κ2) is 8.96. The molecule has 0 radical (unpaired) electrons. The maximum absolute atomic E-state index is 13.2.